The van der Waals surface area contributed by atoms with Crippen LogP contribution >= 0.6 is 15.9 Å². The molecule has 0 aliphatic heterocycles. The number of carbonyl (C=O) groups excluding carboxylic acids is 2. The summed E-state index contributed by atoms with van der Waals surface area (Å²) in [4.78, 5) is 31.1. The topological polar surface area (TPSA) is 81.9 Å². The van der Waals surface area contributed by atoms with Gasteiger partial charge in [-0.25, -0.2) is 4.79 Å². The molecule has 0 spiro atoms. The van der Waals surface area contributed by atoms with Gasteiger partial charge >= 0.3 is 12.0 Å². The zero-order valence-electron chi connectivity index (χ0n) is 15.8. The van der Waals surface area contributed by atoms with E-state index in [1.54, 1.807) is 53.7 Å². The summed E-state index contributed by atoms with van der Waals surface area (Å²) in [5, 5.41) is 5.54. The maximum Gasteiger partial charge on any atom is 0.442 e. The van der Waals surface area contributed by atoms with Crippen LogP contribution in [0.25, 0.3) is 11.0 Å². The third-order valence-electron chi connectivity index (χ3n) is 3.00. The van der Waals surface area contributed by atoms with Crippen LogP contribution in [0.4, 0.5) is 4.79 Å². The number of alkyl halides is 1. The second kappa shape index (κ2) is 7.36. The molecule has 7 nitrogen and oxygen atoms in total. The van der Waals surface area contributed by atoms with Gasteiger partial charge in [-0.1, -0.05) is 27.2 Å². The number of carbonyl (C=O) groups is 2. The summed E-state index contributed by atoms with van der Waals surface area (Å²) in [5.41, 5.74) is -0.218. The van der Waals surface area contributed by atoms with Gasteiger partial charge in [-0.05, 0) is 59.2 Å². The number of amides is 2. The lowest BCUT2D eigenvalue weighted by atomic mass is 10.1. The van der Waals surface area contributed by atoms with Crippen LogP contribution < -0.4 is 0 Å². The molecule has 26 heavy (non-hydrogen) atoms. The predicted octanol–water partition coefficient (Wildman–Crippen LogP) is 4.83. The van der Waals surface area contributed by atoms with E-state index in [0.29, 0.717) is 21.4 Å². The summed E-state index contributed by atoms with van der Waals surface area (Å²) in [6, 6.07) is 5.35. The van der Waals surface area contributed by atoms with Crippen LogP contribution in [0.2, 0.25) is 0 Å². The Balaban J connectivity index is 2.44. The van der Waals surface area contributed by atoms with Crippen LogP contribution in [0, 0.1) is 0 Å². The molecule has 0 atom stereocenters. The quantitative estimate of drug-likeness (QED) is 0.516. The van der Waals surface area contributed by atoms with Crippen molar-refractivity contribution < 1.29 is 23.7 Å². The molecule has 0 saturated carbocycles. The first-order chi connectivity index (χ1) is 11.9. The van der Waals surface area contributed by atoms with Crippen molar-refractivity contribution in [2.75, 3.05) is 0 Å². The monoisotopic (exact) mass is 426 g/mol. The van der Waals surface area contributed by atoms with E-state index >= 15 is 0 Å². The van der Waals surface area contributed by atoms with E-state index in [1.165, 1.54) is 0 Å². The van der Waals surface area contributed by atoms with Crippen LogP contribution in [0.15, 0.2) is 22.7 Å². The van der Waals surface area contributed by atoms with Crippen molar-refractivity contribution in [3.05, 3.63) is 29.5 Å². The standard InChI is InChI=1S/C18H23BrN2O5/c1-17(2,3)24-16(23)21(26-18(4,5)6)15(22)14-12-9-11(10-19)7-8-13(12)25-20-14/h7-9H,10H2,1-6H3. The Morgan fingerprint density at radius 3 is 2.35 bits per heavy atom. The Morgan fingerprint density at radius 1 is 1.15 bits per heavy atom. The Kier molecular flexibility index (Phi) is 5.77. The van der Waals surface area contributed by atoms with Crippen LogP contribution in [-0.4, -0.2) is 33.4 Å². The summed E-state index contributed by atoms with van der Waals surface area (Å²) >= 11 is 3.37. The molecule has 1 aromatic heterocycles. The largest absolute Gasteiger partial charge is 0.442 e. The lowest BCUT2D eigenvalue weighted by molar-refractivity contribution is -0.182. The molecular weight excluding hydrogens is 404 g/mol. The van der Waals surface area contributed by atoms with Crippen molar-refractivity contribution in [2.24, 2.45) is 0 Å². The zero-order valence-corrected chi connectivity index (χ0v) is 17.3. The molecule has 2 rings (SSSR count). The number of ether oxygens (including phenoxy) is 1. The highest BCUT2D eigenvalue weighted by Crippen LogP contribution is 2.24. The number of imide groups is 1. The number of hydrogen-bond acceptors (Lipinski definition) is 6. The van der Waals surface area contributed by atoms with Gasteiger partial charge in [-0.3, -0.25) is 9.63 Å². The van der Waals surface area contributed by atoms with Crippen LogP contribution in [0.3, 0.4) is 0 Å². The summed E-state index contributed by atoms with van der Waals surface area (Å²) in [6.07, 6.45) is -0.912. The lowest BCUT2D eigenvalue weighted by Gasteiger charge is -2.29. The predicted molar refractivity (Wildman–Crippen MR) is 99.9 cm³/mol. The van der Waals surface area contributed by atoms with E-state index in [9.17, 15) is 9.59 Å². The molecule has 2 aromatic rings. The third kappa shape index (κ3) is 5.04. The Hall–Kier alpha value is -1.93. The molecule has 0 fully saturated rings. The zero-order chi connectivity index (χ0) is 19.7. The van der Waals surface area contributed by atoms with Crippen molar-refractivity contribution in [1.82, 2.24) is 10.2 Å². The lowest BCUT2D eigenvalue weighted by Crippen LogP contribution is -2.45. The molecule has 1 aromatic carbocycles. The first kappa shape index (κ1) is 20.4. The summed E-state index contributed by atoms with van der Waals surface area (Å²) in [7, 11) is 0. The molecule has 0 bridgehead atoms. The van der Waals surface area contributed by atoms with Gasteiger partial charge in [0.1, 0.15) is 5.60 Å². The SMILES string of the molecule is CC(C)(C)OC(=O)N(OC(C)(C)C)C(=O)c1noc2ccc(CBr)cc12. The average molecular weight is 427 g/mol. The molecule has 0 N–H and O–H groups in total. The molecule has 0 radical (unpaired) electrons. The molecule has 2 amide bonds. The minimum atomic E-state index is -0.912. The fourth-order valence-electron chi connectivity index (χ4n) is 2.06. The van der Waals surface area contributed by atoms with Gasteiger partial charge in [0.2, 0.25) is 0 Å². The maximum absolute atomic E-state index is 13.0. The normalized spacial score (nSPS) is 12.3. The fraction of sp³-hybridized carbons (Fsp3) is 0.500. The highest BCUT2D eigenvalue weighted by atomic mass is 79.9. The van der Waals surface area contributed by atoms with Crippen LogP contribution in [0.1, 0.15) is 57.6 Å². The Morgan fingerprint density at radius 2 is 1.81 bits per heavy atom. The molecule has 1 heterocycles. The number of halogens is 1. The van der Waals surface area contributed by atoms with Crippen molar-refractivity contribution >= 4 is 38.9 Å². The fourth-order valence-corrected chi connectivity index (χ4v) is 2.41. The molecule has 0 aliphatic carbocycles. The van der Waals surface area contributed by atoms with Crippen molar-refractivity contribution in [3.63, 3.8) is 0 Å². The Labute approximate surface area is 160 Å². The number of hydrogen-bond donors (Lipinski definition) is 0. The van der Waals surface area contributed by atoms with E-state index in [-0.39, 0.29) is 5.69 Å². The number of aromatic nitrogens is 1. The number of nitrogens with zero attached hydrogens (tertiary/aromatic N) is 2. The van der Waals surface area contributed by atoms with Crippen molar-refractivity contribution in [2.45, 2.75) is 58.1 Å². The third-order valence-corrected chi connectivity index (χ3v) is 3.65. The molecule has 0 unspecified atom stereocenters. The number of hydroxylamine groups is 2. The minimum absolute atomic E-state index is 0.0158. The summed E-state index contributed by atoms with van der Waals surface area (Å²) < 4.78 is 10.5. The van der Waals surface area contributed by atoms with Crippen molar-refractivity contribution in [1.29, 1.82) is 0 Å². The van der Waals surface area contributed by atoms with Gasteiger partial charge in [0, 0.05) is 5.33 Å². The Bertz CT molecular complexity index is 817. The highest BCUT2D eigenvalue weighted by molar-refractivity contribution is 9.08. The molecule has 8 heteroatoms. The summed E-state index contributed by atoms with van der Waals surface area (Å²) in [6.45, 7) is 10.3. The second-order valence-corrected chi connectivity index (χ2v) is 8.34. The number of benzene rings is 1. The van der Waals surface area contributed by atoms with Gasteiger partial charge < -0.3 is 9.26 Å². The van der Waals surface area contributed by atoms with Gasteiger partial charge in [-0.15, -0.1) is 5.06 Å². The van der Waals surface area contributed by atoms with E-state index in [2.05, 4.69) is 21.1 Å². The second-order valence-electron chi connectivity index (χ2n) is 7.78. The van der Waals surface area contributed by atoms with E-state index in [1.807, 2.05) is 6.07 Å². The average Bonchev–Trinajstić information content (AvgIpc) is 2.92. The smallest absolute Gasteiger partial charge is 0.442 e. The number of fused-ring (bicyclic) bond motifs is 1. The maximum atomic E-state index is 13.0. The van der Waals surface area contributed by atoms with E-state index in [4.69, 9.17) is 14.1 Å². The van der Waals surface area contributed by atoms with Crippen LogP contribution in [0.5, 0.6) is 0 Å². The first-order valence-electron chi connectivity index (χ1n) is 8.12. The molecule has 0 aliphatic rings. The molecule has 142 valence electrons. The van der Waals surface area contributed by atoms with Gasteiger partial charge in [0.05, 0.1) is 11.0 Å². The number of rotatable bonds is 3. The van der Waals surface area contributed by atoms with Crippen LogP contribution in [-0.2, 0) is 14.9 Å². The van der Waals surface area contributed by atoms with Gasteiger partial charge in [-0.2, -0.15) is 0 Å². The van der Waals surface area contributed by atoms with Crippen molar-refractivity contribution in [3.8, 4) is 0 Å². The van der Waals surface area contributed by atoms with Gasteiger partial charge in [0.15, 0.2) is 11.3 Å². The van der Waals surface area contributed by atoms with E-state index in [0.717, 1.165) is 5.56 Å². The summed E-state index contributed by atoms with van der Waals surface area (Å²) in [5.74, 6) is -0.750. The first-order valence-corrected chi connectivity index (χ1v) is 9.24. The van der Waals surface area contributed by atoms with Gasteiger partial charge in [0.25, 0.3) is 0 Å². The highest BCUT2D eigenvalue weighted by Gasteiger charge is 2.35. The minimum Gasteiger partial charge on any atom is -0.442 e. The molecule has 0 saturated heterocycles. The molecular formula is C18H23BrN2O5. The van der Waals surface area contributed by atoms with E-state index < -0.39 is 23.2 Å².